The van der Waals surface area contributed by atoms with Crippen LogP contribution < -0.4 is 5.73 Å². The largest absolute Gasteiger partial charge is 0.398 e. The van der Waals surface area contributed by atoms with Crippen LogP contribution in [0.15, 0.2) is 18.2 Å². The number of hydrogen-bond donors (Lipinski definition) is 1. The predicted molar refractivity (Wildman–Crippen MR) is 54.9 cm³/mol. The lowest BCUT2D eigenvalue weighted by molar-refractivity contribution is -0.116. The minimum atomic E-state index is -0.625. The van der Waals surface area contributed by atoms with E-state index >= 15 is 0 Å². The minimum Gasteiger partial charge on any atom is -0.398 e. The Balaban J connectivity index is 3.12. The Morgan fingerprint density at radius 2 is 2.15 bits per heavy atom. The molecule has 0 heterocycles. The van der Waals surface area contributed by atoms with Gasteiger partial charge in [-0.25, -0.2) is 0 Å². The van der Waals surface area contributed by atoms with Crippen LogP contribution in [-0.4, -0.2) is 5.78 Å². The summed E-state index contributed by atoms with van der Waals surface area (Å²) in [5.74, 6) is -0.0843. The molecule has 0 aliphatic carbocycles. The van der Waals surface area contributed by atoms with Gasteiger partial charge in [0.05, 0.1) is 0 Å². The van der Waals surface area contributed by atoms with Gasteiger partial charge in [-0.2, -0.15) is 0 Å². The number of hydrogen-bond acceptors (Lipinski definition) is 2. The molecule has 3 heteroatoms. The van der Waals surface area contributed by atoms with Gasteiger partial charge in [0, 0.05) is 11.3 Å². The lowest BCUT2D eigenvalue weighted by Gasteiger charge is -2.09. The van der Waals surface area contributed by atoms with Gasteiger partial charge >= 0.3 is 0 Å². The fourth-order valence-electron chi connectivity index (χ4n) is 1.13. The maximum atomic E-state index is 11.0. The number of rotatable bonds is 2. The Kier molecular flexibility index (Phi) is 2.94. The smallest absolute Gasteiger partial charge is 0.152 e. The third-order valence-electron chi connectivity index (χ3n) is 1.87. The molecular formula is C10H12ClNO. The molecular weight excluding hydrogens is 186 g/mol. The molecule has 1 unspecified atom stereocenters. The zero-order valence-electron chi connectivity index (χ0n) is 7.67. The third-order valence-corrected chi connectivity index (χ3v) is 2.41. The second kappa shape index (κ2) is 3.79. The number of halogens is 1. The minimum absolute atomic E-state index is 0.0843. The van der Waals surface area contributed by atoms with Crippen LogP contribution in [-0.2, 0) is 4.79 Å². The summed E-state index contributed by atoms with van der Waals surface area (Å²) in [7, 11) is 0. The molecule has 0 fully saturated rings. The molecule has 0 aliphatic heterocycles. The molecule has 0 bridgehead atoms. The van der Waals surface area contributed by atoms with Crippen molar-refractivity contribution in [3.63, 3.8) is 0 Å². The second-order valence-corrected chi connectivity index (χ2v) is 3.54. The molecule has 0 radical (unpaired) electrons. The highest BCUT2D eigenvalue weighted by molar-refractivity contribution is 6.31. The van der Waals surface area contributed by atoms with E-state index in [-0.39, 0.29) is 5.78 Å². The Morgan fingerprint density at radius 3 is 2.69 bits per heavy atom. The monoisotopic (exact) mass is 197 g/mol. The van der Waals surface area contributed by atoms with Gasteiger partial charge in [-0.1, -0.05) is 17.7 Å². The van der Waals surface area contributed by atoms with Gasteiger partial charge < -0.3 is 5.73 Å². The van der Waals surface area contributed by atoms with Gasteiger partial charge in [-0.05, 0) is 19.9 Å². The van der Waals surface area contributed by atoms with Crippen molar-refractivity contribution in [3.8, 4) is 0 Å². The van der Waals surface area contributed by atoms with Gasteiger partial charge in [0.15, 0.2) is 5.78 Å². The first kappa shape index (κ1) is 10.1. The van der Waals surface area contributed by atoms with Gasteiger partial charge in [0.25, 0.3) is 0 Å². The number of Topliss-reactive ketones (excluding diaryl/α,β-unsaturated/α-hetero) is 1. The number of nitrogen functional groups attached to an aromatic ring is 1. The molecule has 2 nitrogen and oxygen atoms in total. The first-order valence-electron chi connectivity index (χ1n) is 4.03. The lowest BCUT2D eigenvalue weighted by Crippen LogP contribution is -2.05. The lowest BCUT2D eigenvalue weighted by atomic mass is 10.0. The normalized spacial score (nSPS) is 12.5. The van der Waals surface area contributed by atoms with E-state index in [2.05, 4.69) is 0 Å². The summed E-state index contributed by atoms with van der Waals surface area (Å²) in [5, 5.41) is -0.625. The fraction of sp³-hybridized carbons (Fsp3) is 0.300. The number of carbonyl (C=O) groups excluding carboxylic acids is 1. The summed E-state index contributed by atoms with van der Waals surface area (Å²) in [6, 6.07) is 5.50. The van der Waals surface area contributed by atoms with E-state index in [1.807, 2.05) is 19.1 Å². The highest BCUT2D eigenvalue weighted by atomic mass is 35.5. The summed E-state index contributed by atoms with van der Waals surface area (Å²) in [6.45, 7) is 3.39. The van der Waals surface area contributed by atoms with E-state index in [0.29, 0.717) is 11.3 Å². The Labute approximate surface area is 82.7 Å². The van der Waals surface area contributed by atoms with Crippen molar-refractivity contribution in [1.29, 1.82) is 0 Å². The second-order valence-electron chi connectivity index (χ2n) is 3.11. The zero-order chi connectivity index (χ0) is 10.0. The molecule has 1 atom stereocenters. The molecule has 0 aromatic heterocycles. The standard InChI is InChI=1S/C10H12ClNO/c1-6-3-4-9(12)8(5-6)10(11)7(2)13/h3-5,10H,12H2,1-2H3. The van der Waals surface area contributed by atoms with Crippen molar-refractivity contribution in [2.45, 2.75) is 19.2 Å². The summed E-state index contributed by atoms with van der Waals surface area (Å²) >= 11 is 5.89. The molecule has 1 aromatic rings. The van der Waals surface area contributed by atoms with Crippen molar-refractivity contribution in [2.24, 2.45) is 0 Å². The predicted octanol–water partition coefficient (Wildman–Crippen LogP) is 2.45. The van der Waals surface area contributed by atoms with E-state index in [4.69, 9.17) is 17.3 Å². The van der Waals surface area contributed by atoms with Crippen LogP contribution in [0.3, 0.4) is 0 Å². The van der Waals surface area contributed by atoms with Crippen LogP contribution in [0.4, 0.5) is 5.69 Å². The molecule has 0 amide bonds. The Morgan fingerprint density at radius 1 is 1.54 bits per heavy atom. The van der Waals surface area contributed by atoms with Crippen LogP contribution in [0.5, 0.6) is 0 Å². The van der Waals surface area contributed by atoms with Gasteiger partial charge in [0.1, 0.15) is 5.38 Å². The molecule has 1 rings (SSSR count). The maximum absolute atomic E-state index is 11.0. The maximum Gasteiger partial charge on any atom is 0.152 e. The average molecular weight is 198 g/mol. The van der Waals surface area contributed by atoms with Crippen molar-refractivity contribution < 1.29 is 4.79 Å². The van der Waals surface area contributed by atoms with Crippen LogP contribution in [0.25, 0.3) is 0 Å². The van der Waals surface area contributed by atoms with Crippen molar-refractivity contribution in [1.82, 2.24) is 0 Å². The fourth-order valence-corrected chi connectivity index (χ4v) is 1.32. The molecule has 2 N–H and O–H groups in total. The quantitative estimate of drug-likeness (QED) is 0.585. The number of ketones is 1. The van der Waals surface area contributed by atoms with E-state index in [9.17, 15) is 4.79 Å². The number of carbonyl (C=O) groups is 1. The van der Waals surface area contributed by atoms with Crippen LogP contribution >= 0.6 is 11.6 Å². The summed E-state index contributed by atoms with van der Waals surface area (Å²) in [6.07, 6.45) is 0. The number of aryl methyl sites for hydroxylation is 1. The van der Waals surface area contributed by atoms with E-state index in [1.165, 1.54) is 6.92 Å². The SMILES string of the molecule is CC(=O)C(Cl)c1cc(C)ccc1N. The number of alkyl halides is 1. The zero-order valence-corrected chi connectivity index (χ0v) is 8.43. The first-order valence-corrected chi connectivity index (χ1v) is 4.46. The van der Waals surface area contributed by atoms with Crippen LogP contribution in [0.1, 0.15) is 23.4 Å². The van der Waals surface area contributed by atoms with Crippen LogP contribution in [0, 0.1) is 6.92 Å². The molecule has 0 spiro atoms. The Bertz CT molecular complexity index is 336. The molecule has 0 aliphatic rings. The van der Waals surface area contributed by atoms with Crippen molar-refractivity contribution >= 4 is 23.1 Å². The van der Waals surface area contributed by atoms with Gasteiger partial charge in [0.2, 0.25) is 0 Å². The topological polar surface area (TPSA) is 43.1 Å². The number of benzene rings is 1. The summed E-state index contributed by atoms with van der Waals surface area (Å²) in [5.41, 5.74) is 8.02. The molecule has 70 valence electrons. The van der Waals surface area contributed by atoms with Crippen molar-refractivity contribution in [2.75, 3.05) is 5.73 Å². The van der Waals surface area contributed by atoms with E-state index < -0.39 is 5.38 Å². The average Bonchev–Trinajstić information content (AvgIpc) is 2.08. The molecule has 13 heavy (non-hydrogen) atoms. The van der Waals surface area contributed by atoms with E-state index in [1.54, 1.807) is 6.07 Å². The molecule has 1 aromatic carbocycles. The number of anilines is 1. The van der Waals surface area contributed by atoms with Gasteiger partial charge in [-0.15, -0.1) is 11.6 Å². The van der Waals surface area contributed by atoms with Crippen molar-refractivity contribution in [3.05, 3.63) is 29.3 Å². The highest BCUT2D eigenvalue weighted by Crippen LogP contribution is 2.27. The molecule has 0 saturated carbocycles. The summed E-state index contributed by atoms with van der Waals surface area (Å²) in [4.78, 5) is 11.0. The summed E-state index contributed by atoms with van der Waals surface area (Å²) < 4.78 is 0. The first-order chi connectivity index (χ1) is 6.02. The highest BCUT2D eigenvalue weighted by Gasteiger charge is 2.15. The molecule has 0 saturated heterocycles. The third kappa shape index (κ3) is 2.22. The van der Waals surface area contributed by atoms with Gasteiger partial charge in [-0.3, -0.25) is 4.79 Å². The van der Waals surface area contributed by atoms with E-state index in [0.717, 1.165) is 5.56 Å². The Hall–Kier alpha value is -1.02. The van der Waals surface area contributed by atoms with Crippen LogP contribution in [0.2, 0.25) is 0 Å². The number of nitrogens with two attached hydrogens (primary N) is 1.